The Morgan fingerprint density at radius 2 is 2.20 bits per heavy atom. The molecule has 7 heteroatoms. The van der Waals surface area contributed by atoms with Crippen molar-refractivity contribution in [1.82, 2.24) is 10.3 Å². The maximum absolute atomic E-state index is 11.7. The van der Waals surface area contributed by atoms with E-state index in [4.69, 9.17) is 9.47 Å². The van der Waals surface area contributed by atoms with E-state index in [2.05, 4.69) is 22.1 Å². The van der Waals surface area contributed by atoms with Crippen molar-refractivity contribution in [1.29, 1.82) is 0 Å². The van der Waals surface area contributed by atoms with Crippen molar-refractivity contribution in [3.05, 3.63) is 40.9 Å². The van der Waals surface area contributed by atoms with Gasteiger partial charge < -0.3 is 14.8 Å². The van der Waals surface area contributed by atoms with Crippen LogP contribution in [0.4, 0.5) is 0 Å². The fraction of sp³-hybridized carbons (Fsp3) is 0.278. The van der Waals surface area contributed by atoms with Gasteiger partial charge in [-0.3, -0.25) is 4.79 Å². The molecule has 0 aliphatic carbocycles. The Morgan fingerprint density at radius 1 is 1.40 bits per heavy atom. The van der Waals surface area contributed by atoms with E-state index in [0.29, 0.717) is 28.0 Å². The average Bonchev–Trinajstić information content (AvgIpc) is 3.00. The predicted octanol–water partition coefficient (Wildman–Crippen LogP) is 2.99. The molecule has 0 spiro atoms. The molecule has 2 aromatic rings. The molecule has 0 saturated carbocycles. The van der Waals surface area contributed by atoms with E-state index >= 15 is 0 Å². The third-order valence-corrected chi connectivity index (χ3v) is 3.66. The molecule has 1 unspecified atom stereocenters. The summed E-state index contributed by atoms with van der Waals surface area (Å²) in [5.74, 6) is 5.82. The van der Waals surface area contributed by atoms with Crippen molar-refractivity contribution in [2.24, 2.45) is 0 Å². The van der Waals surface area contributed by atoms with E-state index in [1.54, 1.807) is 44.3 Å². The molecule has 1 heterocycles. The van der Waals surface area contributed by atoms with Crippen molar-refractivity contribution in [2.45, 2.75) is 26.8 Å². The molecule has 130 valence electrons. The van der Waals surface area contributed by atoms with Gasteiger partial charge in [0, 0.05) is 6.92 Å². The minimum absolute atomic E-state index is 0.128. The molecule has 1 aromatic carbocycles. The maximum Gasteiger partial charge on any atom is 0.338 e. The van der Waals surface area contributed by atoms with Crippen LogP contribution in [-0.2, 0) is 9.53 Å². The molecule has 1 aromatic heterocycles. The SMILES string of the molecule is CCOC(=O)c1cccc(Oc2ncc(C#CC(C)NC(C)=O)s2)c1. The molecule has 6 nitrogen and oxygen atoms in total. The molecule has 0 fully saturated rings. The number of thiazole rings is 1. The highest BCUT2D eigenvalue weighted by molar-refractivity contribution is 7.13. The van der Waals surface area contributed by atoms with Crippen molar-refractivity contribution >= 4 is 23.2 Å². The summed E-state index contributed by atoms with van der Waals surface area (Å²) in [6.07, 6.45) is 1.60. The molecular weight excluding hydrogens is 340 g/mol. The van der Waals surface area contributed by atoms with E-state index in [9.17, 15) is 9.59 Å². The van der Waals surface area contributed by atoms with Gasteiger partial charge in [0.05, 0.1) is 24.4 Å². The molecule has 0 aliphatic rings. The number of rotatable bonds is 5. The summed E-state index contributed by atoms with van der Waals surface area (Å²) < 4.78 is 10.6. The molecule has 0 bridgehead atoms. The van der Waals surface area contributed by atoms with Crippen LogP contribution in [0.3, 0.4) is 0 Å². The number of ether oxygens (including phenoxy) is 2. The summed E-state index contributed by atoms with van der Waals surface area (Å²) in [6.45, 7) is 5.31. The average molecular weight is 358 g/mol. The lowest BCUT2D eigenvalue weighted by Crippen LogP contribution is -2.28. The van der Waals surface area contributed by atoms with Crippen LogP contribution in [0.15, 0.2) is 30.5 Å². The van der Waals surface area contributed by atoms with Crippen LogP contribution >= 0.6 is 11.3 Å². The Morgan fingerprint density at radius 3 is 2.92 bits per heavy atom. The second kappa shape index (κ2) is 8.85. The smallest absolute Gasteiger partial charge is 0.338 e. The first kappa shape index (κ1) is 18.5. The third kappa shape index (κ3) is 5.94. The van der Waals surface area contributed by atoms with Gasteiger partial charge in [0.1, 0.15) is 10.6 Å². The van der Waals surface area contributed by atoms with Gasteiger partial charge >= 0.3 is 5.97 Å². The number of esters is 1. The number of carbonyl (C=O) groups excluding carboxylic acids is 2. The normalized spacial score (nSPS) is 11.0. The van der Waals surface area contributed by atoms with Crippen LogP contribution in [0.2, 0.25) is 0 Å². The van der Waals surface area contributed by atoms with E-state index in [1.807, 2.05) is 0 Å². The number of hydrogen-bond acceptors (Lipinski definition) is 6. The van der Waals surface area contributed by atoms with Crippen LogP contribution < -0.4 is 10.1 Å². The lowest BCUT2D eigenvalue weighted by atomic mass is 10.2. The molecule has 1 atom stereocenters. The van der Waals surface area contributed by atoms with Crippen molar-refractivity contribution in [3.8, 4) is 22.8 Å². The molecule has 0 saturated heterocycles. The summed E-state index contributed by atoms with van der Waals surface area (Å²) in [5.41, 5.74) is 0.417. The largest absolute Gasteiger partial charge is 0.462 e. The number of carbonyl (C=O) groups is 2. The fourth-order valence-electron chi connectivity index (χ4n) is 1.89. The second-order valence-electron chi connectivity index (χ2n) is 5.03. The van der Waals surface area contributed by atoms with Crippen LogP contribution in [0, 0.1) is 11.8 Å². The zero-order valence-corrected chi connectivity index (χ0v) is 15.0. The topological polar surface area (TPSA) is 77.5 Å². The number of aromatic nitrogens is 1. The third-order valence-electron chi connectivity index (χ3n) is 2.87. The number of nitrogens with zero attached hydrogens (tertiary/aromatic N) is 1. The Bertz CT molecular complexity index is 820. The van der Waals surface area contributed by atoms with Gasteiger partial charge in [-0.25, -0.2) is 9.78 Å². The summed E-state index contributed by atoms with van der Waals surface area (Å²) in [7, 11) is 0. The van der Waals surface area contributed by atoms with Crippen LogP contribution in [0.1, 0.15) is 36.0 Å². The molecule has 1 N–H and O–H groups in total. The maximum atomic E-state index is 11.7. The minimum Gasteiger partial charge on any atom is -0.462 e. The van der Waals surface area contributed by atoms with Gasteiger partial charge in [-0.05, 0) is 32.0 Å². The fourth-order valence-corrected chi connectivity index (χ4v) is 2.53. The highest BCUT2D eigenvalue weighted by atomic mass is 32.1. The van der Waals surface area contributed by atoms with E-state index in [1.165, 1.54) is 18.3 Å². The van der Waals surface area contributed by atoms with E-state index in [0.717, 1.165) is 0 Å². The molecule has 0 radical (unpaired) electrons. The highest BCUT2D eigenvalue weighted by Gasteiger charge is 2.09. The Labute approximate surface area is 150 Å². The molecule has 1 amide bonds. The van der Waals surface area contributed by atoms with E-state index < -0.39 is 5.97 Å². The van der Waals surface area contributed by atoms with Gasteiger partial charge in [-0.2, -0.15) is 0 Å². The zero-order valence-electron chi connectivity index (χ0n) is 14.2. The van der Waals surface area contributed by atoms with Gasteiger partial charge in [0.25, 0.3) is 5.19 Å². The summed E-state index contributed by atoms with van der Waals surface area (Å²) in [4.78, 5) is 27.6. The molecule has 25 heavy (non-hydrogen) atoms. The first-order valence-corrected chi connectivity index (χ1v) is 8.49. The number of amides is 1. The zero-order chi connectivity index (χ0) is 18.2. The monoisotopic (exact) mass is 358 g/mol. The van der Waals surface area contributed by atoms with Crippen LogP contribution in [-0.4, -0.2) is 29.5 Å². The first-order chi connectivity index (χ1) is 12.0. The van der Waals surface area contributed by atoms with Crippen molar-refractivity contribution in [3.63, 3.8) is 0 Å². The van der Waals surface area contributed by atoms with Crippen molar-refractivity contribution in [2.75, 3.05) is 6.61 Å². The Hall–Kier alpha value is -2.85. The number of hydrogen-bond donors (Lipinski definition) is 1. The van der Waals surface area contributed by atoms with Crippen molar-refractivity contribution < 1.29 is 19.1 Å². The minimum atomic E-state index is -0.398. The number of nitrogens with one attached hydrogen (secondary N) is 1. The van der Waals surface area contributed by atoms with E-state index in [-0.39, 0.29) is 11.9 Å². The predicted molar refractivity (Wildman–Crippen MR) is 94.7 cm³/mol. The Kier molecular flexibility index (Phi) is 6.54. The first-order valence-electron chi connectivity index (χ1n) is 7.67. The second-order valence-corrected chi connectivity index (χ2v) is 6.03. The molecular formula is C18H18N2O4S. The van der Waals surface area contributed by atoms with Gasteiger partial charge in [0.2, 0.25) is 5.91 Å². The summed E-state index contributed by atoms with van der Waals surface area (Å²) in [5, 5.41) is 3.10. The molecule has 0 aliphatic heterocycles. The summed E-state index contributed by atoms with van der Waals surface area (Å²) in [6, 6.07) is 6.46. The Balaban J connectivity index is 2.04. The number of benzene rings is 1. The van der Waals surface area contributed by atoms with Gasteiger partial charge in [0.15, 0.2) is 0 Å². The van der Waals surface area contributed by atoms with Gasteiger partial charge in [-0.1, -0.05) is 29.2 Å². The standard InChI is InChI=1S/C18H18N2O4S/c1-4-23-17(22)14-6-5-7-15(10-14)24-18-19-11-16(25-18)9-8-12(2)20-13(3)21/h5-7,10-12H,4H2,1-3H3,(H,20,21). The lowest BCUT2D eigenvalue weighted by molar-refractivity contribution is -0.119. The lowest BCUT2D eigenvalue weighted by Gasteiger charge is -2.04. The van der Waals surface area contributed by atoms with Gasteiger partial charge in [-0.15, -0.1) is 0 Å². The quantitative estimate of drug-likeness (QED) is 0.657. The van der Waals surface area contributed by atoms with Crippen LogP contribution in [0.5, 0.6) is 10.9 Å². The molecule has 2 rings (SSSR count). The highest BCUT2D eigenvalue weighted by Crippen LogP contribution is 2.26. The summed E-state index contributed by atoms with van der Waals surface area (Å²) >= 11 is 1.28. The van der Waals surface area contributed by atoms with Crippen LogP contribution in [0.25, 0.3) is 0 Å².